The van der Waals surface area contributed by atoms with Crippen LogP contribution in [-0.4, -0.2) is 18.0 Å². The quantitative estimate of drug-likeness (QED) is 0.894. The van der Waals surface area contributed by atoms with E-state index in [4.69, 9.17) is 4.74 Å². The molecule has 1 aliphatic rings. The molecule has 0 spiro atoms. The Morgan fingerprint density at radius 2 is 1.91 bits per heavy atom. The predicted molar refractivity (Wildman–Crippen MR) is 85.9 cm³/mol. The second-order valence-electron chi connectivity index (χ2n) is 6.68. The molecule has 0 atom stereocenters. The molecule has 5 nitrogen and oxygen atoms in total. The Hall–Kier alpha value is -2.04. The average Bonchev–Trinajstić information content (AvgIpc) is 2.41. The Balaban J connectivity index is 1.86. The lowest BCUT2D eigenvalue weighted by molar-refractivity contribution is -0.114. The maximum Gasteiger partial charge on any atom is 0.412 e. The molecular formula is C17H24N2O3. The van der Waals surface area contributed by atoms with Gasteiger partial charge in [-0.05, 0) is 43.2 Å². The molecule has 0 unspecified atom stereocenters. The molecule has 2 N–H and O–H groups in total. The van der Waals surface area contributed by atoms with E-state index >= 15 is 0 Å². The molecule has 1 saturated carbocycles. The van der Waals surface area contributed by atoms with Crippen molar-refractivity contribution in [1.82, 2.24) is 5.32 Å². The number of rotatable bonds is 3. The Morgan fingerprint density at radius 3 is 2.55 bits per heavy atom. The second kappa shape index (κ2) is 6.81. The first-order valence-corrected chi connectivity index (χ1v) is 7.70. The third kappa shape index (κ3) is 5.06. The number of anilines is 1. The van der Waals surface area contributed by atoms with Gasteiger partial charge in [0.05, 0.1) is 0 Å². The van der Waals surface area contributed by atoms with Gasteiger partial charge < -0.3 is 15.4 Å². The fourth-order valence-corrected chi connectivity index (χ4v) is 2.69. The summed E-state index contributed by atoms with van der Waals surface area (Å²) < 4.78 is 5.29. The number of carbonyl (C=O) groups excluding carboxylic acids is 2. The number of carbonyl (C=O) groups is 2. The summed E-state index contributed by atoms with van der Waals surface area (Å²) in [4.78, 5) is 23.0. The first kappa shape index (κ1) is 16.3. The van der Waals surface area contributed by atoms with E-state index in [2.05, 4.69) is 24.5 Å². The van der Waals surface area contributed by atoms with Gasteiger partial charge in [0.15, 0.2) is 0 Å². The first-order chi connectivity index (χ1) is 10.3. The summed E-state index contributed by atoms with van der Waals surface area (Å²) >= 11 is 0. The minimum atomic E-state index is -0.440. The zero-order valence-corrected chi connectivity index (χ0v) is 13.4. The van der Waals surface area contributed by atoms with E-state index in [1.165, 1.54) is 6.92 Å². The van der Waals surface area contributed by atoms with Crippen LogP contribution >= 0.6 is 0 Å². The summed E-state index contributed by atoms with van der Waals surface area (Å²) in [6.07, 6.45) is 3.73. The lowest BCUT2D eigenvalue weighted by atomic mass is 9.76. The van der Waals surface area contributed by atoms with Crippen molar-refractivity contribution in [3.63, 3.8) is 0 Å². The smallest absolute Gasteiger partial charge is 0.410 e. The molecule has 0 radical (unpaired) electrons. The van der Waals surface area contributed by atoms with Crippen molar-refractivity contribution in [3.8, 4) is 5.75 Å². The van der Waals surface area contributed by atoms with Crippen LogP contribution in [0.2, 0.25) is 0 Å². The van der Waals surface area contributed by atoms with E-state index in [1.807, 2.05) is 0 Å². The van der Waals surface area contributed by atoms with E-state index in [-0.39, 0.29) is 11.9 Å². The fourth-order valence-electron chi connectivity index (χ4n) is 2.69. The van der Waals surface area contributed by atoms with Crippen molar-refractivity contribution in [2.75, 3.05) is 5.32 Å². The average molecular weight is 304 g/mol. The van der Waals surface area contributed by atoms with Crippen LogP contribution in [0.3, 0.4) is 0 Å². The molecule has 1 aromatic rings. The maximum absolute atomic E-state index is 12.0. The van der Waals surface area contributed by atoms with Gasteiger partial charge >= 0.3 is 6.09 Å². The zero-order valence-electron chi connectivity index (χ0n) is 13.4. The molecule has 0 heterocycles. The zero-order chi connectivity index (χ0) is 16.2. The standard InChI is InChI=1S/C17H24N2O3/c1-12(20)18-14-5-4-6-15(11-14)22-16(21)19-13-7-9-17(2,3)10-8-13/h4-6,11,13H,7-10H2,1-3H3,(H,18,20)(H,19,21). The Labute approximate surface area is 131 Å². The molecule has 1 fully saturated rings. The summed E-state index contributed by atoms with van der Waals surface area (Å²) in [6, 6.07) is 6.98. The molecule has 2 rings (SSSR count). The highest BCUT2D eigenvalue weighted by Gasteiger charge is 2.27. The molecule has 0 bridgehead atoms. The summed E-state index contributed by atoms with van der Waals surface area (Å²) in [7, 11) is 0. The largest absolute Gasteiger partial charge is 0.412 e. The molecule has 2 amide bonds. The van der Waals surface area contributed by atoms with Crippen LogP contribution in [0.15, 0.2) is 24.3 Å². The molecule has 0 saturated heterocycles. The number of amides is 2. The van der Waals surface area contributed by atoms with Crippen LogP contribution in [0.25, 0.3) is 0 Å². The summed E-state index contributed by atoms with van der Waals surface area (Å²) in [6.45, 7) is 5.95. The molecule has 0 aromatic heterocycles. The highest BCUT2D eigenvalue weighted by atomic mass is 16.6. The molecule has 5 heteroatoms. The van der Waals surface area contributed by atoms with Crippen LogP contribution < -0.4 is 15.4 Å². The van der Waals surface area contributed by atoms with Crippen LogP contribution in [0.5, 0.6) is 5.75 Å². The molecule has 22 heavy (non-hydrogen) atoms. The summed E-state index contributed by atoms with van der Waals surface area (Å²) in [5.41, 5.74) is 0.978. The van der Waals surface area contributed by atoms with Crippen molar-refractivity contribution >= 4 is 17.7 Å². The normalized spacial score (nSPS) is 17.6. The van der Waals surface area contributed by atoms with Gasteiger partial charge in [-0.25, -0.2) is 4.79 Å². The van der Waals surface area contributed by atoms with Gasteiger partial charge in [-0.1, -0.05) is 19.9 Å². The van der Waals surface area contributed by atoms with Crippen LogP contribution in [0.1, 0.15) is 46.5 Å². The van der Waals surface area contributed by atoms with Gasteiger partial charge in [-0.15, -0.1) is 0 Å². The molecule has 0 aliphatic heterocycles. The van der Waals surface area contributed by atoms with Crippen molar-refractivity contribution in [3.05, 3.63) is 24.3 Å². The molecule has 1 aliphatic carbocycles. The van der Waals surface area contributed by atoms with Crippen LogP contribution in [0.4, 0.5) is 10.5 Å². The topological polar surface area (TPSA) is 67.4 Å². The number of benzene rings is 1. The molecular weight excluding hydrogens is 280 g/mol. The minimum Gasteiger partial charge on any atom is -0.410 e. The number of nitrogens with one attached hydrogen (secondary N) is 2. The van der Waals surface area contributed by atoms with Gasteiger partial charge in [0, 0.05) is 24.7 Å². The maximum atomic E-state index is 12.0. The lowest BCUT2D eigenvalue weighted by Gasteiger charge is -2.34. The molecule has 1 aromatic carbocycles. The Kier molecular flexibility index (Phi) is 5.06. The number of hydrogen-bond donors (Lipinski definition) is 2. The highest BCUT2D eigenvalue weighted by molar-refractivity contribution is 5.88. The Bertz CT molecular complexity index is 545. The predicted octanol–water partition coefficient (Wildman–Crippen LogP) is 3.70. The third-order valence-electron chi connectivity index (χ3n) is 4.03. The highest BCUT2D eigenvalue weighted by Crippen LogP contribution is 2.35. The minimum absolute atomic E-state index is 0.161. The van der Waals surface area contributed by atoms with Crippen molar-refractivity contribution < 1.29 is 14.3 Å². The molecule has 120 valence electrons. The van der Waals surface area contributed by atoms with Crippen molar-refractivity contribution in [2.24, 2.45) is 5.41 Å². The fraction of sp³-hybridized carbons (Fsp3) is 0.529. The van der Waals surface area contributed by atoms with Crippen LogP contribution in [0, 0.1) is 5.41 Å². The van der Waals surface area contributed by atoms with Crippen molar-refractivity contribution in [2.45, 2.75) is 52.5 Å². The number of ether oxygens (including phenoxy) is 1. The van der Waals surface area contributed by atoms with Crippen LogP contribution in [-0.2, 0) is 4.79 Å². The van der Waals surface area contributed by atoms with Gasteiger partial charge in [0.1, 0.15) is 5.75 Å². The van der Waals surface area contributed by atoms with Gasteiger partial charge in [-0.2, -0.15) is 0 Å². The second-order valence-corrected chi connectivity index (χ2v) is 6.68. The van der Waals surface area contributed by atoms with E-state index < -0.39 is 6.09 Å². The monoisotopic (exact) mass is 304 g/mol. The number of hydrogen-bond acceptors (Lipinski definition) is 3. The van der Waals surface area contributed by atoms with E-state index in [0.717, 1.165) is 25.7 Å². The first-order valence-electron chi connectivity index (χ1n) is 7.70. The van der Waals surface area contributed by atoms with Gasteiger partial charge in [0.2, 0.25) is 5.91 Å². The summed E-state index contributed by atoms with van der Waals surface area (Å²) in [5, 5.41) is 5.58. The lowest BCUT2D eigenvalue weighted by Crippen LogP contribution is -2.40. The Morgan fingerprint density at radius 1 is 1.23 bits per heavy atom. The van der Waals surface area contributed by atoms with E-state index in [1.54, 1.807) is 24.3 Å². The van der Waals surface area contributed by atoms with Crippen molar-refractivity contribution in [1.29, 1.82) is 0 Å². The SMILES string of the molecule is CC(=O)Nc1cccc(OC(=O)NC2CCC(C)(C)CC2)c1. The summed E-state index contributed by atoms with van der Waals surface area (Å²) in [5.74, 6) is 0.256. The third-order valence-corrected chi connectivity index (χ3v) is 4.03. The van der Waals surface area contributed by atoms with E-state index in [0.29, 0.717) is 16.9 Å². The van der Waals surface area contributed by atoms with Gasteiger partial charge in [0.25, 0.3) is 0 Å². The van der Waals surface area contributed by atoms with E-state index in [9.17, 15) is 9.59 Å². The van der Waals surface area contributed by atoms with Gasteiger partial charge in [-0.3, -0.25) is 4.79 Å².